The molecule has 0 radical (unpaired) electrons. The lowest BCUT2D eigenvalue weighted by Crippen LogP contribution is -2.61. The fraction of sp³-hybridized carbons (Fsp3) is 0.517. The highest BCUT2D eigenvalue weighted by Crippen LogP contribution is 2.33. The molecule has 41 heavy (non-hydrogen) atoms. The number of hydrogen-bond acceptors (Lipinski definition) is 6. The Bertz CT molecular complexity index is 1240. The number of likely N-dealkylation sites (tertiary alicyclic amines) is 2. The van der Waals surface area contributed by atoms with Crippen LogP contribution >= 0.6 is 48.3 Å². The van der Waals surface area contributed by atoms with Gasteiger partial charge in [-0.25, -0.2) is 0 Å². The van der Waals surface area contributed by atoms with Gasteiger partial charge in [0, 0.05) is 69.1 Å². The molecule has 0 bridgehead atoms. The van der Waals surface area contributed by atoms with Crippen LogP contribution in [0.1, 0.15) is 35.7 Å². The lowest BCUT2D eigenvalue weighted by molar-refractivity contribution is -0.152. The van der Waals surface area contributed by atoms with Crippen LogP contribution in [0.5, 0.6) is 0 Å². The van der Waals surface area contributed by atoms with Crippen molar-refractivity contribution in [3.63, 3.8) is 0 Å². The summed E-state index contributed by atoms with van der Waals surface area (Å²) in [5.41, 5.74) is 0.0553. The molecule has 3 aliphatic heterocycles. The molecule has 2 aromatic rings. The Hall–Kier alpha value is -1.72. The summed E-state index contributed by atoms with van der Waals surface area (Å²) in [4.78, 5) is 34.3. The van der Waals surface area contributed by atoms with Crippen molar-refractivity contribution < 1.29 is 14.7 Å². The van der Waals surface area contributed by atoms with Gasteiger partial charge in [-0.15, -0.1) is 0 Å². The SMILES string of the molecule is CN1CCN(C(=O)c2c(Cl)cc(NC3CN(C4CCN(C(=O)[C@@](C)(O)c5cccc(Cl)c5)CC4)C3)cc2Cl)CC1.S. The van der Waals surface area contributed by atoms with Crippen LogP contribution in [0, 0.1) is 0 Å². The van der Waals surface area contributed by atoms with E-state index in [0.29, 0.717) is 58.4 Å². The van der Waals surface area contributed by atoms with Crippen LogP contribution in [0.3, 0.4) is 0 Å². The molecule has 2 amide bonds. The van der Waals surface area contributed by atoms with Gasteiger partial charge in [-0.05, 0) is 56.6 Å². The van der Waals surface area contributed by atoms with Gasteiger partial charge in [0.15, 0.2) is 5.60 Å². The van der Waals surface area contributed by atoms with Crippen LogP contribution < -0.4 is 5.32 Å². The first kappa shape index (κ1) is 32.2. The summed E-state index contributed by atoms with van der Waals surface area (Å²) >= 11 is 19.2. The van der Waals surface area contributed by atoms with Crippen LogP contribution in [0.2, 0.25) is 15.1 Å². The van der Waals surface area contributed by atoms with Crippen molar-refractivity contribution in [2.24, 2.45) is 0 Å². The average molecular weight is 643 g/mol. The number of hydrogen-bond donors (Lipinski definition) is 2. The molecule has 12 heteroatoms. The lowest BCUT2D eigenvalue weighted by atomic mass is 9.92. The van der Waals surface area contributed by atoms with Crippen molar-refractivity contribution in [1.29, 1.82) is 0 Å². The standard InChI is InChI=1S/C29H36Cl3N5O3.H2S/c1-29(40,19-4-3-5-20(30)14-19)28(39)36-8-6-23(7-9-36)37-17-22(18-37)33-21-15-24(31)26(25(32)16-21)27(38)35-12-10-34(2)11-13-35;/h3-5,14-16,22-23,33,40H,6-13,17-18H2,1-2H3;1H2/t29-;/m0./s1. The number of amides is 2. The summed E-state index contributed by atoms with van der Waals surface area (Å²) in [6.07, 6.45) is 1.70. The Labute approximate surface area is 263 Å². The van der Waals surface area contributed by atoms with Crippen molar-refractivity contribution in [1.82, 2.24) is 19.6 Å². The van der Waals surface area contributed by atoms with Gasteiger partial charge in [0.2, 0.25) is 0 Å². The molecule has 2 N–H and O–H groups in total. The molecule has 3 fully saturated rings. The van der Waals surface area contributed by atoms with Gasteiger partial charge in [0.05, 0.1) is 21.7 Å². The predicted octanol–water partition coefficient (Wildman–Crippen LogP) is 4.14. The largest absolute Gasteiger partial charge is 0.380 e. The fourth-order valence-corrected chi connectivity index (χ4v) is 6.66. The maximum Gasteiger partial charge on any atom is 0.258 e. The Balaban J connectivity index is 0.00000387. The van der Waals surface area contributed by atoms with E-state index in [0.717, 1.165) is 44.7 Å². The average Bonchev–Trinajstić information content (AvgIpc) is 2.90. The number of nitrogens with one attached hydrogen (secondary N) is 1. The van der Waals surface area contributed by atoms with Gasteiger partial charge in [-0.1, -0.05) is 46.9 Å². The third-order valence-electron chi connectivity index (χ3n) is 8.40. The maximum absolute atomic E-state index is 13.1. The number of aliphatic hydroxyl groups is 1. The highest BCUT2D eigenvalue weighted by atomic mass is 35.5. The van der Waals surface area contributed by atoms with E-state index in [1.807, 2.05) is 7.05 Å². The number of carbonyl (C=O) groups excluding carboxylic acids is 2. The van der Waals surface area contributed by atoms with Crippen molar-refractivity contribution in [3.8, 4) is 0 Å². The maximum atomic E-state index is 13.1. The molecule has 0 aromatic heterocycles. The third kappa shape index (κ3) is 7.09. The Morgan fingerprint density at radius 1 is 0.927 bits per heavy atom. The quantitative estimate of drug-likeness (QED) is 0.493. The van der Waals surface area contributed by atoms with Gasteiger partial charge in [-0.2, -0.15) is 13.5 Å². The van der Waals surface area contributed by atoms with Gasteiger partial charge in [0.1, 0.15) is 0 Å². The smallest absolute Gasteiger partial charge is 0.258 e. The van der Waals surface area contributed by atoms with E-state index in [9.17, 15) is 14.7 Å². The Morgan fingerprint density at radius 2 is 1.54 bits per heavy atom. The number of piperidine rings is 1. The monoisotopic (exact) mass is 641 g/mol. The van der Waals surface area contributed by atoms with Crippen molar-refractivity contribution in [3.05, 3.63) is 62.6 Å². The van der Waals surface area contributed by atoms with Crippen LogP contribution in [0.4, 0.5) is 5.69 Å². The van der Waals surface area contributed by atoms with Crippen LogP contribution in [0.25, 0.3) is 0 Å². The first-order valence-electron chi connectivity index (χ1n) is 13.8. The molecule has 8 nitrogen and oxygen atoms in total. The van der Waals surface area contributed by atoms with Crippen LogP contribution in [0.15, 0.2) is 36.4 Å². The first-order valence-corrected chi connectivity index (χ1v) is 14.9. The highest BCUT2D eigenvalue weighted by molar-refractivity contribution is 7.59. The number of carbonyl (C=O) groups is 2. The molecule has 2 aromatic carbocycles. The van der Waals surface area contributed by atoms with E-state index >= 15 is 0 Å². The van der Waals surface area contributed by atoms with Crippen molar-refractivity contribution in [2.75, 3.05) is 64.7 Å². The first-order chi connectivity index (χ1) is 19.0. The van der Waals surface area contributed by atoms with Crippen molar-refractivity contribution >= 4 is 65.8 Å². The van der Waals surface area contributed by atoms with Crippen LogP contribution in [-0.4, -0.2) is 108 Å². The number of piperazine rings is 1. The fourth-order valence-electron chi connectivity index (χ4n) is 5.82. The summed E-state index contributed by atoms with van der Waals surface area (Å²) in [6, 6.07) is 11.0. The minimum atomic E-state index is -1.61. The van der Waals surface area contributed by atoms with E-state index in [1.54, 1.807) is 46.2 Å². The predicted molar refractivity (Wildman–Crippen MR) is 170 cm³/mol. The second-order valence-electron chi connectivity index (χ2n) is 11.3. The minimum absolute atomic E-state index is 0. The van der Waals surface area contributed by atoms with E-state index in [-0.39, 0.29) is 31.4 Å². The summed E-state index contributed by atoms with van der Waals surface area (Å²) in [7, 11) is 2.04. The normalized spacial score (nSPS) is 20.6. The van der Waals surface area contributed by atoms with E-state index in [1.165, 1.54) is 6.92 Å². The molecule has 3 aliphatic rings. The van der Waals surface area contributed by atoms with E-state index < -0.39 is 5.60 Å². The number of halogens is 3. The molecule has 0 saturated carbocycles. The van der Waals surface area contributed by atoms with E-state index in [4.69, 9.17) is 34.8 Å². The summed E-state index contributed by atoms with van der Waals surface area (Å²) in [6.45, 7) is 7.46. The van der Waals surface area contributed by atoms with E-state index in [2.05, 4.69) is 15.1 Å². The molecule has 0 unspecified atom stereocenters. The summed E-state index contributed by atoms with van der Waals surface area (Å²) in [5.74, 6) is -0.414. The molecular weight excluding hydrogens is 605 g/mol. The molecule has 0 aliphatic carbocycles. The number of benzene rings is 2. The summed E-state index contributed by atoms with van der Waals surface area (Å²) < 4.78 is 0. The van der Waals surface area contributed by atoms with Gasteiger partial charge < -0.3 is 25.1 Å². The zero-order chi connectivity index (χ0) is 28.6. The molecular formula is C29H38Cl3N5O3S. The Kier molecular flexibility index (Phi) is 10.4. The second kappa shape index (κ2) is 13.3. The zero-order valence-corrected chi connectivity index (χ0v) is 26.6. The van der Waals surface area contributed by atoms with Crippen LogP contribution in [-0.2, 0) is 10.4 Å². The van der Waals surface area contributed by atoms with Gasteiger partial charge >= 0.3 is 0 Å². The highest BCUT2D eigenvalue weighted by Gasteiger charge is 2.40. The number of rotatable bonds is 6. The second-order valence-corrected chi connectivity index (χ2v) is 12.6. The number of anilines is 1. The molecule has 224 valence electrons. The number of likely N-dealkylation sites (N-methyl/N-ethyl adjacent to an activating group) is 1. The van der Waals surface area contributed by atoms with Gasteiger partial charge in [-0.3, -0.25) is 14.5 Å². The molecule has 0 spiro atoms. The Morgan fingerprint density at radius 3 is 2.12 bits per heavy atom. The zero-order valence-electron chi connectivity index (χ0n) is 23.4. The molecule has 1 atom stereocenters. The third-order valence-corrected chi connectivity index (χ3v) is 9.23. The topological polar surface area (TPSA) is 79.4 Å². The molecule has 5 rings (SSSR count). The number of nitrogens with zero attached hydrogens (tertiary/aromatic N) is 4. The molecule has 3 saturated heterocycles. The summed E-state index contributed by atoms with van der Waals surface area (Å²) in [5, 5.41) is 15.7. The lowest BCUT2D eigenvalue weighted by Gasteiger charge is -2.48. The van der Waals surface area contributed by atoms with Gasteiger partial charge in [0.25, 0.3) is 11.8 Å². The molecule has 3 heterocycles. The van der Waals surface area contributed by atoms with Crippen molar-refractivity contribution in [2.45, 2.75) is 37.5 Å². The minimum Gasteiger partial charge on any atom is -0.380 e.